The van der Waals surface area contributed by atoms with Crippen molar-refractivity contribution in [1.29, 1.82) is 0 Å². The molecule has 0 aliphatic heterocycles. The summed E-state index contributed by atoms with van der Waals surface area (Å²) in [6.07, 6.45) is 0. The first-order valence-corrected chi connectivity index (χ1v) is 9.16. The van der Waals surface area contributed by atoms with Crippen LogP contribution in [0.15, 0.2) is 53.2 Å². The van der Waals surface area contributed by atoms with Crippen molar-refractivity contribution in [1.82, 2.24) is 10.3 Å². The Bertz CT molecular complexity index is 919. The van der Waals surface area contributed by atoms with Gasteiger partial charge in [-0.05, 0) is 65.6 Å². The predicted octanol–water partition coefficient (Wildman–Crippen LogP) is 4.42. The summed E-state index contributed by atoms with van der Waals surface area (Å²) in [6, 6.07) is 14.3. The molecule has 146 valence electrons. The minimum absolute atomic E-state index is 0.252. The monoisotopic (exact) mass is 381 g/mol. The zero-order valence-electron chi connectivity index (χ0n) is 16.1. The molecule has 0 atom stereocenters. The van der Waals surface area contributed by atoms with Crippen LogP contribution in [0, 0.1) is 5.92 Å². The van der Waals surface area contributed by atoms with E-state index in [4.69, 9.17) is 14.1 Å². The first-order valence-electron chi connectivity index (χ1n) is 9.16. The van der Waals surface area contributed by atoms with Gasteiger partial charge in [-0.15, -0.1) is 0 Å². The Labute approximate surface area is 163 Å². The van der Waals surface area contributed by atoms with Crippen LogP contribution in [0.1, 0.15) is 31.1 Å². The number of anilines is 1. The van der Waals surface area contributed by atoms with Gasteiger partial charge in [0.2, 0.25) is 5.82 Å². The maximum absolute atomic E-state index is 12.6. The van der Waals surface area contributed by atoms with E-state index in [2.05, 4.69) is 29.5 Å². The number of nitrogens with one attached hydrogen (secondary N) is 1. The molecule has 0 radical (unpaired) electrons. The molecule has 0 fully saturated rings. The van der Waals surface area contributed by atoms with Gasteiger partial charge in [0, 0.05) is 11.1 Å². The second-order valence-electron chi connectivity index (χ2n) is 6.61. The van der Waals surface area contributed by atoms with Crippen LogP contribution in [0.25, 0.3) is 11.3 Å². The lowest BCUT2D eigenvalue weighted by molar-refractivity contribution is 0.102. The van der Waals surface area contributed by atoms with E-state index in [9.17, 15) is 4.79 Å². The Morgan fingerprint density at radius 3 is 2.57 bits per heavy atom. The van der Waals surface area contributed by atoms with Crippen molar-refractivity contribution in [2.75, 3.05) is 18.5 Å². The topological polar surface area (TPSA) is 86.5 Å². The number of nitrogens with zero attached hydrogens (tertiary/aromatic N) is 2. The van der Waals surface area contributed by atoms with Crippen LogP contribution >= 0.6 is 0 Å². The van der Waals surface area contributed by atoms with Gasteiger partial charge in [0.05, 0.1) is 13.2 Å². The summed E-state index contributed by atoms with van der Waals surface area (Å²) in [5.74, 6) is 1.78. The number of benzene rings is 2. The highest BCUT2D eigenvalue weighted by Gasteiger charge is 2.16. The van der Waals surface area contributed by atoms with Crippen LogP contribution < -0.4 is 14.8 Å². The molecule has 7 nitrogen and oxygen atoms in total. The first kappa shape index (κ1) is 19.4. The number of hydrogen-bond donors (Lipinski definition) is 1. The van der Waals surface area contributed by atoms with Gasteiger partial charge in [-0.25, -0.2) is 4.63 Å². The molecule has 1 N–H and O–H groups in total. The molecule has 0 unspecified atom stereocenters. The van der Waals surface area contributed by atoms with Gasteiger partial charge >= 0.3 is 0 Å². The fraction of sp³-hybridized carbons (Fsp3) is 0.286. The highest BCUT2D eigenvalue weighted by atomic mass is 16.6. The standard InChI is InChI=1S/C21H23N3O4/c1-4-26-18-7-5-6-16(12-18)21(25)22-20-19(23-28-24-20)15-8-10-17(11-9-15)27-13-14(2)3/h5-12,14H,4,13H2,1-3H3,(H,22,24,25). The summed E-state index contributed by atoms with van der Waals surface area (Å²) in [5.41, 5.74) is 1.67. The van der Waals surface area contributed by atoms with Crippen LogP contribution in [0.3, 0.4) is 0 Å². The summed E-state index contributed by atoms with van der Waals surface area (Å²) in [4.78, 5) is 12.6. The van der Waals surface area contributed by atoms with Crippen LogP contribution in [-0.4, -0.2) is 29.4 Å². The molecule has 0 aliphatic carbocycles. The molecule has 0 bridgehead atoms. The third-order valence-corrected chi connectivity index (χ3v) is 3.84. The summed E-state index contributed by atoms with van der Waals surface area (Å²) in [7, 11) is 0. The van der Waals surface area contributed by atoms with Crippen LogP contribution in [0.5, 0.6) is 11.5 Å². The van der Waals surface area contributed by atoms with Gasteiger partial charge in [-0.1, -0.05) is 19.9 Å². The van der Waals surface area contributed by atoms with Crippen molar-refractivity contribution < 1.29 is 18.9 Å². The number of carbonyl (C=O) groups excluding carboxylic acids is 1. The lowest BCUT2D eigenvalue weighted by atomic mass is 10.1. The minimum atomic E-state index is -0.324. The van der Waals surface area contributed by atoms with Crippen molar-refractivity contribution in [3.63, 3.8) is 0 Å². The zero-order chi connectivity index (χ0) is 19.9. The summed E-state index contributed by atoms with van der Waals surface area (Å²) >= 11 is 0. The molecule has 3 rings (SSSR count). The Morgan fingerprint density at radius 2 is 1.86 bits per heavy atom. The van der Waals surface area contributed by atoms with Crippen LogP contribution in [0.2, 0.25) is 0 Å². The molecule has 7 heteroatoms. The zero-order valence-corrected chi connectivity index (χ0v) is 16.1. The van der Waals surface area contributed by atoms with Gasteiger partial charge in [0.15, 0.2) is 5.69 Å². The maximum atomic E-state index is 12.6. The lowest BCUT2D eigenvalue weighted by Gasteiger charge is -2.09. The highest BCUT2D eigenvalue weighted by Crippen LogP contribution is 2.27. The third kappa shape index (κ3) is 4.88. The number of rotatable bonds is 8. The molecule has 3 aromatic rings. The number of carbonyl (C=O) groups is 1. The lowest BCUT2D eigenvalue weighted by Crippen LogP contribution is -2.13. The smallest absolute Gasteiger partial charge is 0.257 e. The molecule has 0 spiro atoms. The van der Waals surface area contributed by atoms with Gasteiger partial charge in [0.1, 0.15) is 11.5 Å². The van der Waals surface area contributed by atoms with E-state index in [1.54, 1.807) is 24.3 Å². The Kier molecular flexibility index (Phi) is 6.26. The molecule has 0 aliphatic rings. The maximum Gasteiger partial charge on any atom is 0.257 e. The number of aromatic nitrogens is 2. The first-order chi connectivity index (χ1) is 13.6. The van der Waals surface area contributed by atoms with Crippen molar-refractivity contribution >= 4 is 11.7 Å². The second-order valence-corrected chi connectivity index (χ2v) is 6.61. The normalized spacial score (nSPS) is 10.7. The quantitative estimate of drug-likeness (QED) is 0.621. The van der Waals surface area contributed by atoms with E-state index >= 15 is 0 Å². The molecule has 0 saturated carbocycles. The van der Waals surface area contributed by atoms with E-state index in [0.29, 0.717) is 36.1 Å². The average Bonchev–Trinajstić information content (AvgIpc) is 3.15. The summed E-state index contributed by atoms with van der Waals surface area (Å²) < 4.78 is 16.0. The Morgan fingerprint density at radius 1 is 1.07 bits per heavy atom. The largest absolute Gasteiger partial charge is 0.494 e. The molecule has 2 aromatic carbocycles. The fourth-order valence-corrected chi connectivity index (χ4v) is 2.51. The van der Waals surface area contributed by atoms with Gasteiger partial charge in [-0.2, -0.15) is 0 Å². The van der Waals surface area contributed by atoms with Gasteiger partial charge in [-0.3, -0.25) is 4.79 Å². The second kappa shape index (κ2) is 9.03. The van der Waals surface area contributed by atoms with Gasteiger partial charge in [0.25, 0.3) is 5.91 Å². The van der Waals surface area contributed by atoms with Crippen molar-refractivity contribution in [2.24, 2.45) is 5.92 Å². The van der Waals surface area contributed by atoms with Crippen molar-refractivity contribution in [3.8, 4) is 22.8 Å². The van der Waals surface area contributed by atoms with E-state index in [1.165, 1.54) is 0 Å². The van der Waals surface area contributed by atoms with E-state index in [-0.39, 0.29) is 11.7 Å². The summed E-state index contributed by atoms with van der Waals surface area (Å²) in [6.45, 7) is 7.24. The minimum Gasteiger partial charge on any atom is -0.494 e. The van der Waals surface area contributed by atoms with E-state index in [1.807, 2.05) is 31.2 Å². The van der Waals surface area contributed by atoms with E-state index in [0.717, 1.165) is 11.3 Å². The van der Waals surface area contributed by atoms with Crippen molar-refractivity contribution in [2.45, 2.75) is 20.8 Å². The molecule has 1 aromatic heterocycles. The van der Waals surface area contributed by atoms with Crippen molar-refractivity contribution in [3.05, 3.63) is 54.1 Å². The Balaban J connectivity index is 1.73. The predicted molar refractivity (Wildman–Crippen MR) is 106 cm³/mol. The van der Waals surface area contributed by atoms with Crippen LogP contribution in [-0.2, 0) is 0 Å². The third-order valence-electron chi connectivity index (χ3n) is 3.84. The number of ether oxygens (including phenoxy) is 2. The molecule has 1 heterocycles. The average molecular weight is 381 g/mol. The highest BCUT2D eigenvalue weighted by molar-refractivity contribution is 6.05. The molecule has 28 heavy (non-hydrogen) atoms. The molecule has 0 saturated heterocycles. The molecular formula is C21H23N3O4. The number of hydrogen-bond acceptors (Lipinski definition) is 6. The SMILES string of the molecule is CCOc1cccc(C(=O)Nc2nonc2-c2ccc(OCC(C)C)cc2)c1. The number of amides is 1. The molecule has 1 amide bonds. The fourth-order valence-electron chi connectivity index (χ4n) is 2.51. The Hall–Kier alpha value is -3.35. The van der Waals surface area contributed by atoms with Gasteiger partial charge < -0.3 is 14.8 Å². The van der Waals surface area contributed by atoms with Crippen LogP contribution in [0.4, 0.5) is 5.82 Å². The van der Waals surface area contributed by atoms with E-state index < -0.39 is 0 Å². The summed E-state index contributed by atoms with van der Waals surface area (Å²) in [5, 5.41) is 10.5. The molecular weight excluding hydrogens is 358 g/mol.